The monoisotopic (exact) mass is 517 g/mol. The fourth-order valence-corrected chi connectivity index (χ4v) is 2.77. The van der Waals surface area contributed by atoms with Gasteiger partial charge in [0.1, 0.15) is 5.75 Å². The lowest BCUT2D eigenvalue weighted by Gasteiger charge is -2.18. The first-order chi connectivity index (χ1) is 12.8. The molecule has 0 spiro atoms. The van der Waals surface area contributed by atoms with Gasteiger partial charge < -0.3 is 20.5 Å². The number of aliphatic hydroxyl groups excluding tert-OH is 1. The molecule has 0 aliphatic rings. The number of ether oxygens (including phenoxy) is 1. The van der Waals surface area contributed by atoms with Crippen LogP contribution in [-0.4, -0.2) is 37.9 Å². The van der Waals surface area contributed by atoms with Crippen LogP contribution in [-0.2, 0) is 12.7 Å². The fraction of sp³-hybridized carbons (Fsp3) is 0.632. The summed E-state index contributed by atoms with van der Waals surface area (Å²) in [4.78, 5) is 4.30. The van der Waals surface area contributed by atoms with Crippen LogP contribution in [0, 0.1) is 5.92 Å². The van der Waals surface area contributed by atoms with Gasteiger partial charge in [-0.2, -0.15) is 13.2 Å². The van der Waals surface area contributed by atoms with Gasteiger partial charge in [0, 0.05) is 19.7 Å². The number of halogens is 4. The molecule has 0 saturated heterocycles. The highest BCUT2D eigenvalue weighted by atomic mass is 127. The molecule has 1 aromatic rings. The van der Waals surface area contributed by atoms with E-state index in [0.717, 1.165) is 18.9 Å². The van der Waals surface area contributed by atoms with E-state index in [2.05, 4.69) is 22.5 Å². The van der Waals surface area contributed by atoms with Gasteiger partial charge in [0.2, 0.25) is 0 Å². The molecule has 0 aliphatic carbocycles. The molecule has 0 aromatic heterocycles. The number of nitrogens with one attached hydrogen (secondary N) is 2. The molecule has 0 fully saturated rings. The van der Waals surface area contributed by atoms with Crippen molar-refractivity contribution < 1.29 is 23.0 Å². The number of alkyl halides is 3. The SMILES string of the molecule is CCCC(CCO)CNC(=NCc1ccc(OC)cc1C(F)(F)F)NCC.I. The number of aliphatic hydroxyl groups is 1. The summed E-state index contributed by atoms with van der Waals surface area (Å²) in [5.41, 5.74) is -0.661. The van der Waals surface area contributed by atoms with E-state index in [0.29, 0.717) is 25.5 Å². The third-order valence-electron chi connectivity index (χ3n) is 4.17. The Hall–Kier alpha value is -1.23. The highest BCUT2D eigenvalue weighted by molar-refractivity contribution is 14.0. The maximum absolute atomic E-state index is 13.3. The summed E-state index contributed by atoms with van der Waals surface area (Å²) in [6.45, 7) is 5.18. The minimum Gasteiger partial charge on any atom is -0.497 e. The molecule has 0 aliphatic heterocycles. The smallest absolute Gasteiger partial charge is 0.416 e. The average molecular weight is 517 g/mol. The molecule has 0 radical (unpaired) electrons. The molecule has 162 valence electrons. The van der Waals surface area contributed by atoms with Crippen LogP contribution in [0.2, 0.25) is 0 Å². The molecular formula is C19H31F3IN3O2. The summed E-state index contributed by atoms with van der Waals surface area (Å²) < 4.78 is 44.8. The second-order valence-electron chi connectivity index (χ2n) is 6.26. The molecule has 9 heteroatoms. The fourth-order valence-electron chi connectivity index (χ4n) is 2.77. The van der Waals surface area contributed by atoms with Crippen LogP contribution < -0.4 is 15.4 Å². The average Bonchev–Trinajstić information content (AvgIpc) is 2.63. The standard InChI is InChI=1S/C19H30F3N3O2.HI/c1-4-6-14(9-10-26)12-24-18(23-5-2)25-13-15-7-8-16(27-3)11-17(15)19(20,21)22;/h7-8,11,14,26H,4-6,9-10,12-13H2,1-3H3,(H2,23,24,25);1H. The van der Waals surface area contributed by atoms with E-state index in [9.17, 15) is 13.2 Å². The Morgan fingerprint density at radius 3 is 2.46 bits per heavy atom. The molecule has 3 N–H and O–H groups in total. The molecule has 0 bridgehead atoms. The second kappa shape index (κ2) is 13.9. The normalized spacial score (nSPS) is 12.9. The van der Waals surface area contributed by atoms with Crippen molar-refractivity contribution in [3.05, 3.63) is 29.3 Å². The zero-order valence-electron chi connectivity index (χ0n) is 16.6. The number of aliphatic imine (C=N–C) groups is 1. The minimum absolute atomic E-state index is 0. The summed E-state index contributed by atoms with van der Waals surface area (Å²) >= 11 is 0. The first-order valence-corrected chi connectivity index (χ1v) is 9.22. The molecule has 1 rings (SSSR count). The lowest BCUT2D eigenvalue weighted by molar-refractivity contribution is -0.138. The van der Waals surface area contributed by atoms with Crippen LogP contribution in [0.1, 0.15) is 44.2 Å². The van der Waals surface area contributed by atoms with Crippen LogP contribution in [0.5, 0.6) is 5.75 Å². The Balaban J connectivity index is 0.00000729. The van der Waals surface area contributed by atoms with Gasteiger partial charge in [0.25, 0.3) is 0 Å². The summed E-state index contributed by atoms with van der Waals surface area (Å²) in [5.74, 6) is 0.905. The third-order valence-corrected chi connectivity index (χ3v) is 4.17. The van der Waals surface area contributed by atoms with Crippen molar-refractivity contribution in [2.45, 2.75) is 45.8 Å². The highest BCUT2D eigenvalue weighted by Crippen LogP contribution is 2.34. The van der Waals surface area contributed by atoms with Crippen LogP contribution >= 0.6 is 24.0 Å². The van der Waals surface area contributed by atoms with E-state index in [4.69, 9.17) is 9.84 Å². The molecule has 0 saturated carbocycles. The Labute approximate surface area is 182 Å². The van der Waals surface area contributed by atoms with Gasteiger partial charge in [-0.05, 0) is 43.4 Å². The highest BCUT2D eigenvalue weighted by Gasteiger charge is 2.33. The summed E-state index contributed by atoms with van der Waals surface area (Å²) in [5, 5.41) is 15.3. The van der Waals surface area contributed by atoms with Crippen LogP contribution in [0.4, 0.5) is 13.2 Å². The second-order valence-corrected chi connectivity index (χ2v) is 6.26. The first kappa shape index (κ1) is 26.8. The minimum atomic E-state index is -4.47. The molecule has 0 amide bonds. The molecular weight excluding hydrogens is 486 g/mol. The van der Waals surface area contributed by atoms with Crippen molar-refractivity contribution in [1.82, 2.24) is 10.6 Å². The van der Waals surface area contributed by atoms with E-state index in [1.165, 1.54) is 19.2 Å². The van der Waals surface area contributed by atoms with Crippen molar-refractivity contribution in [2.24, 2.45) is 10.9 Å². The largest absolute Gasteiger partial charge is 0.497 e. The van der Waals surface area contributed by atoms with Crippen LogP contribution in [0.3, 0.4) is 0 Å². The number of methoxy groups -OCH3 is 1. The van der Waals surface area contributed by atoms with E-state index >= 15 is 0 Å². The summed E-state index contributed by atoms with van der Waals surface area (Å²) in [6, 6.07) is 3.88. The molecule has 0 heterocycles. The molecule has 5 nitrogen and oxygen atoms in total. The number of benzene rings is 1. The third kappa shape index (κ3) is 9.31. The van der Waals surface area contributed by atoms with Gasteiger partial charge in [-0.25, -0.2) is 4.99 Å². The van der Waals surface area contributed by atoms with Crippen molar-refractivity contribution in [1.29, 1.82) is 0 Å². The van der Waals surface area contributed by atoms with Crippen molar-refractivity contribution in [3.63, 3.8) is 0 Å². The quantitative estimate of drug-likeness (QED) is 0.248. The molecule has 28 heavy (non-hydrogen) atoms. The molecule has 1 atom stereocenters. The van der Waals surface area contributed by atoms with Gasteiger partial charge in [-0.3, -0.25) is 0 Å². The van der Waals surface area contributed by atoms with Crippen molar-refractivity contribution >= 4 is 29.9 Å². The van der Waals surface area contributed by atoms with E-state index in [1.54, 1.807) is 0 Å². The predicted molar refractivity (Wildman–Crippen MR) is 116 cm³/mol. The van der Waals surface area contributed by atoms with Gasteiger partial charge in [0.05, 0.1) is 19.2 Å². The number of hydrogen-bond donors (Lipinski definition) is 3. The Morgan fingerprint density at radius 2 is 1.93 bits per heavy atom. The summed E-state index contributed by atoms with van der Waals surface area (Å²) in [7, 11) is 1.33. The van der Waals surface area contributed by atoms with Crippen LogP contribution in [0.15, 0.2) is 23.2 Å². The topological polar surface area (TPSA) is 65.9 Å². The number of guanidine groups is 1. The summed E-state index contributed by atoms with van der Waals surface area (Å²) in [6.07, 6.45) is -1.83. The lowest BCUT2D eigenvalue weighted by atomic mass is 10.0. The van der Waals surface area contributed by atoms with Crippen molar-refractivity contribution in [3.8, 4) is 5.75 Å². The molecule has 1 aromatic carbocycles. The zero-order valence-corrected chi connectivity index (χ0v) is 18.9. The van der Waals surface area contributed by atoms with Gasteiger partial charge in [-0.15, -0.1) is 24.0 Å². The lowest BCUT2D eigenvalue weighted by Crippen LogP contribution is -2.40. The van der Waals surface area contributed by atoms with Crippen molar-refractivity contribution in [2.75, 3.05) is 26.8 Å². The zero-order chi connectivity index (χ0) is 20.3. The number of rotatable bonds is 10. The van der Waals surface area contributed by atoms with E-state index < -0.39 is 11.7 Å². The van der Waals surface area contributed by atoms with Gasteiger partial charge in [-0.1, -0.05) is 19.4 Å². The van der Waals surface area contributed by atoms with E-state index in [-0.39, 0.29) is 54.4 Å². The number of nitrogens with zero attached hydrogens (tertiary/aromatic N) is 1. The maximum Gasteiger partial charge on any atom is 0.416 e. The predicted octanol–water partition coefficient (Wildman–Crippen LogP) is 4.19. The van der Waals surface area contributed by atoms with E-state index in [1.807, 2.05) is 6.92 Å². The van der Waals surface area contributed by atoms with Gasteiger partial charge >= 0.3 is 6.18 Å². The maximum atomic E-state index is 13.3. The van der Waals surface area contributed by atoms with Gasteiger partial charge in [0.15, 0.2) is 5.96 Å². The Bertz CT molecular complexity index is 592. The Morgan fingerprint density at radius 1 is 1.21 bits per heavy atom. The van der Waals surface area contributed by atoms with Crippen LogP contribution in [0.25, 0.3) is 0 Å². The molecule has 1 unspecified atom stereocenters. The first-order valence-electron chi connectivity index (χ1n) is 9.22. The Kier molecular flexibility index (Phi) is 13.3. The number of hydrogen-bond acceptors (Lipinski definition) is 3.